The van der Waals surface area contributed by atoms with Crippen LogP contribution in [0.5, 0.6) is 5.75 Å². The van der Waals surface area contributed by atoms with Crippen molar-refractivity contribution in [2.24, 2.45) is 0 Å². The lowest BCUT2D eigenvalue weighted by molar-refractivity contribution is -0.138. The number of hydrogen-bond donors (Lipinski definition) is 2. The highest BCUT2D eigenvalue weighted by molar-refractivity contribution is 5.75. The second-order valence-corrected chi connectivity index (χ2v) is 4.82. The van der Waals surface area contributed by atoms with Crippen LogP contribution in [-0.2, 0) is 24.1 Å². The van der Waals surface area contributed by atoms with E-state index in [-0.39, 0.29) is 12.3 Å². The van der Waals surface area contributed by atoms with E-state index in [2.05, 4.69) is 5.32 Å². The van der Waals surface area contributed by atoms with Crippen LogP contribution in [0.25, 0.3) is 0 Å². The molecule has 0 aliphatic carbocycles. The second kappa shape index (κ2) is 6.55. The maximum Gasteiger partial charge on any atom is 0.417 e. The van der Waals surface area contributed by atoms with E-state index in [1.165, 1.54) is 12.1 Å². The van der Waals surface area contributed by atoms with E-state index in [1.54, 1.807) is 12.1 Å². The van der Waals surface area contributed by atoms with Gasteiger partial charge in [-0.2, -0.15) is 13.2 Å². The summed E-state index contributed by atoms with van der Waals surface area (Å²) in [6.45, 7) is -0.381. The van der Waals surface area contributed by atoms with Crippen molar-refractivity contribution in [3.63, 3.8) is 0 Å². The van der Waals surface area contributed by atoms with Crippen LogP contribution in [0.1, 0.15) is 11.1 Å². The number of nitrogens with zero attached hydrogens (tertiary/aromatic N) is 1. The Labute approximate surface area is 129 Å². The maximum absolute atomic E-state index is 12.6. The minimum Gasteiger partial charge on any atom is -0.508 e. The summed E-state index contributed by atoms with van der Waals surface area (Å²) in [5, 5.41) is 11.6. The summed E-state index contributed by atoms with van der Waals surface area (Å²) in [4.78, 5) is 23.3. The Bertz CT molecular complexity index is 752. The van der Waals surface area contributed by atoms with Gasteiger partial charge in [0.1, 0.15) is 12.3 Å². The van der Waals surface area contributed by atoms with Crippen LogP contribution >= 0.6 is 0 Å². The number of carbonyl (C=O) groups is 1. The highest BCUT2D eigenvalue weighted by atomic mass is 19.4. The van der Waals surface area contributed by atoms with Crippen LogP contribution in [0.15, 0.2) is 47.4 Å². The molecule has 122 valence electrons. The summed E-state index contributed by atoms with van der Waals surface area (Å²) in [5.41, 5.74) is -0.992. The Morgan fingerprint density at radius 1 is 1.13 bits per heavy atom. The molecule has 0 fully saturated rings. The number of aromatic hydroxyl groups is 1. The molecule has 8 heteroatoms. The number of aromatic nitrogens is 1. The maximum atomic E-state index is 12.6. The van der Waals surface area contributed by atoms with E-state index < -0.39 is 29.8 Å². The number of benzene rings is 1. The number of rotatable bonds is 4. The molecule has 1 heterocycles. The lowest BCUT2D eigenvalue weighted by Gasteiger charge is -2.11. The smallest absolute Gasteiger partial charge is 0.417 e. The Hall–Kier alpha value is -2.77. The predicted molar refractivity (Wildman–Crippen MR) is 75.7 cm³/mol. The van der Waals surface area contributed by atoms with Gasteiger partial charge in [-0.3, -0.25) is 9.59 Å². The number of alkyl halides is 3. The molecule has 0 radical (unpaired) electrons. The zero-order valence-corrected chi connectivity index (χ0v) is 11.8. The molecule has 5 nitrogen and oxygen atoms in total. The van der Waals surface area contributed by atoms with E-state index in [1.807, 2.05) is 0 Å². The van der Waals surface area contributed by atoms with Crippen LogP contribution in [0.3, 0.4) is 0 Å². The Kier molecular flexibility index (Phi) is 4.73. The molecule has 0 bridgehead atoms. The third-order valence-electron chi connectivity index (χ3n) is 3.05. The molecule has 0 spiro atoms. The fourth-order valence-corrected chi connectivity index (χ4v) is 1.85. The van der Waals surface area contributed by atoms with Gasteiger partial charge >= 0.3 is 6.18 Å². The molecule has 0 atom stereocenters. The SMILES string of the molecule is O=C(Cn1cc(C(F)(F)F)ccc1=O)NCc1ccc(O)cc1. The monoisotopic (exact) mass is 326 g/mol. The standard InChI is InChI=1S/C15H13F3N2O3/c16-15(17,18)11-3-6-14(23)20(8-11)9-13(22)19-7-10-1-4-12(21)5-2-10/h1-6,8,21H,7,9H2,(H,19,22). The van der Waals surface area contributed by atoms with E-state index in [0.717, 1.165) is 6.07 Å². The van der Waals surface area contributed by atoms with Gasteiger partial charge in [-0.15, -0.1) is 0 Å². The number of carbonyl (C=O) groups excluding carboxylic acids is 1. The van der Waals surface area contributed by atoms with Gasteiger partial charge in [-0.25, -0.2) is 0 Å². The van der Waals surface area contributed by atoms with Gasteiger partial charge in [0.05, 0.1) is 5.56 Å². The van der Waals surface area contributed by atoms with Crippen LogP contribution in [0.2, 0.25) is 0 Å². The van der Waals surface area contributed by atoms with E-state index in [4.69, 9.17) is 5.11 Å². The number of halogens is 3. The molecule has 0 aliphatic rings. The van der Waals surface area contributed by atoms with Gasteiger partial charge < -0.3 is 15.0 Å². The molecule has 1 amide bonds. The van der Waals surface area contributed by atoms with Gasteiger partial charge in [-0.05, 0) is 23.8 Å². The normalized spacial score (nSPS) is 11.3. The number of nitrogens with one attached hydrogen (secondary N) is 1. The molecule has 0 aliphatic heterocycles. The number of amides is 1. The molecule has 2 N–H and O–H groups in total. The summed E-state index contributed by atoms with van der Waals surface area (Å²) < 4.78 is 38.5. The van der Waals surface area contributed by atoms with Crippen molar-refractivity contribution in [3.8, 4) is 5.75 Å². The number of pyridine rings is 1. The van der Waals surface area contributed by atoms with Crippen LogP contribution in [0, 0.1) is 0 Å². The lowest BCUT2D eigenvalue weighted by atomic mass is 10.2. The van der Waals surface area contributed by atoms with E-state index in [9.17, 15) is 22.8 Å². The zero-order chi connectivity index (χ0) is 17.0. The average Bonchev–Trinajstić information content (AvgIpc) is 2.48. The molecular weight excluding hydrogens is 313 g/mol. The minimum absolute atomic E-state index is 0.0793. The van der Waals surface area contributed by atoms with Crippen molar-refractivity contribution in [2.45, 2.75) is 19.3 Å². The minimum atomic E-state index is -4.59. The third-order valence-corrected chi connectivity index (χ3v) is 3.05. The van der Waals surface area contributed by atoms with Gasteiger partial charge in [0.15, 0.2) is 0 Å². The number of hydrogen-bond acceptors (Lipinski definition) is 3. The Balaban J connectivity index is 2.02. The summed E-state index contributed by atoms with van der Waals surface area (Å²) in [6.07, 6.45) is -3.97. The van der Waals surface area contributed by atoms with Gasteiger partial charge in [0.25, 0.3) is 5.56 Å². The fourth-order valence-electron chi connectivity index (χ4n) is 1.85. The van der Waals surface area contributed by atoms with Crippen molar-refractivity contribution >= 4 is 5.91 Å². The Morgan fingerprint density at radius 3 is 2.39 bits per heavy atom. The van der Waals surface area contributed by atoms with Crippen LogP contribution in [0.4, 0.5) is 13.2 Å². The van der Waals surface area contributed by atoms with E-state index in [0.29, 0.717) is 22.4 Å². The van der Waals surface area contributed by atoms with E-state index >= 15 is 0 Å². The molecule has 1 aromatic carbocycles. The quantitative estimate of drug-likeness (QED) is 0.901. The molecular formula is C15H13F3N2O3. The number of phenolic OH excluding ortho intramolecular Hbond substituents is 1. The molecule has 23 heavy (non-hydrogen) atoms. The van der Waals surface area contributed by atoms with Crippen LogP contribution < -0.4 is 10.9 Å². The zero-order valence-electron chi connectivity index (χ0n) is 11.8. The average molecular weight is 326 g/mol. The number of phenols is 1. The largest absolute Gasteiger partial charge is 0.508 e. The van der Waals surface area contributed by atoms with Gasteiger partial charge in [0, 0.05) is 18.8 Å². The first-order valence-electron chi connectivity index (χ1n) is 6.58. The van der Waals surface area contributed by atoms with Crippen molar-refractivity contribution in [3.05, 3.63) is 64.1 Å². The van der Waals surface area contributed by atoms with Crippen molar-refractivity contribution < 1.29 is 23.1 Å². The first-order chi connectivity index (χ1) is 10.8. The van der Waals surface area contributed by atoms with Crippen LogP contribution in [-0.4, -0.2) is 15.6 Å². The highest BCUT2D eigenvalue weighted by Gasteiger charge is 2.31. The van der Waals surface area contributed by atoms with Crippen molar-refractivity contribution in [2.75, 3.05) is 0 Å². The molecule has 2 aromatic rings. The summed E-state index contributed by atoms with van der Waals surface area (Å²) >= 11 is 0. The van der Waals surface area contributed by atoms with Crippen molar-refractivity contribution in [1.82, 2.24) is 9.88 Å². The van der Waals surface area contributed by atoms with Gasteiger partial charge in [-0.1, -0.05) is 12.1 Å². The first kappa shape index (κ1) is 16.6. The summed E-state index contributed by atoms with van der Waals surface area (Å²) in [7, 11) is 0. The summed E-state index contributed by atoms with van der Waals surface area (Å²) in [6, 6.07) is 7.51. The van der Waals surface area contributed by atoms with Crippen molar-refractivity contribution in [1.29, 1.82) is 0 Å². The van der Waals surface area contributed by atoms with Gasteiger partial charge in [0.2, 0.25) is 5.91 Å². The predicted octanol–water partition coefficient (Wildman–Crippen LogP) is 1.89. The summed E-state index contributed by atoms with van der Waals surface area (Å²) in [5.74, 6) is -0.518. The molecule has 0 unspecified atom stereocenters. The molecule has 2 rings (SSSR count). The second-order valence-electron chi connectivity index (χ2n) is 4.82. The highest BCUT2D eigenvalue weighted by Crippen LogP contribution is 2.27. The Morgan fingerprint density at radius 2 is 1.78 bits per heavy atom. The molecule has 0 saturated carbocycles. The molecule has 1 aromatic heterocycles. The third kappa shape index (κ3) is 4.60. The first-order valence-corrected chi connectivity index (χ1v) is 6.58. The fraction of sp³-hybridized carbons (Fsp3) is 0.200. The lowest BCUT2D eigenvalue weighted by Crippen LogP contribution is -2.32. The molecule has 0 saturated heterocycles. The topological polar surface area (TPSA) is 71.3 Å².